The topological polar surface area (TPSA) is 42.0 Å². The summed E-state index contributed by atoms with van der Waals surface area (Å²) < 4.78 is 11.4. The Morgan fingerprint density at radius 1 is 1.07 bits per heavy atom. The fourth-order valence-electron chi connectivity index (χ4n) is 3.54. The summed E-state index contributed by atoms with van der Waals surface area (Å²) in [6.07, 6.45) is -0.544. The van der Waals surface area contributed by atoms with Crippen LogP contribution >= 0.6 is 11.6 Å². The molecule has 3 rings (SSSR count). The number of ether oxygens (including phenoxy) is 2. The predicted molar refractivity (Wildman–Crippen MR) is 113 cm³/mol. The van der Waals surface area contributed by atoms with Crippen molar-refractivity contribution in [3.63, 3.8) is 0 Å². The summed E-state index contributed by atoms with van der Waals surface area (Å²) in [5, 5.41) is 0.735. The number of rotatable bonds is 5. The first-order valence-electron chi connectivity index (χ1n) is 9.51. The number of hydrogen-bond donors (Lipinski definition) is 0. The molecule has 1 saturated heterocycles. The molecular formula is C22H27ClN2O3. The van der Waals surface area contributed by atoms with Crippen LogP contribution in [0.5, 0.6) is 11.5 Å². The average molecular weight is 403 g/mol. The molecule has 0 spiro atoms. The summed E-state index contributed by atoms with van der Waals surface area (Å²) in [6.45, 7) is 8.51. The van der Waals surface area contributed by atoms with Crippen LogP contribution in [0.2, 0.25) is 5.02 Å². The second kappa shape index (κ2) is 8.74. The Bertz CT molecular complexity index is 824. The van der Waals surface area contributed by atoms with Crippen molar-refractivity contribution in [2.45, 2.75) is 26.9 Å². The van der Waals surface area contributed by atoms with Crippen molar-refractivity contribution >= 4 is 23.2 Å². The number of benzene rings is 2. The molecule has 28 heavy (non-hydrogen) atoms. The van der Waals surface area contributed by atoms with Gasteiger partial charge in [0.15, 0.2) is 6.10 Å². The van der Waals surface area contributed by atoms with Gasteiger partial charge in [-0.1, -0.05) is 23.7 Å². The molecule has 1 aliphatic heterocycles. The number of para-hydroxylation sites is 2. The summed E-state index contributed by atoms with van der Waals surface area (Å²) in [4.78, 5) is 17.0. The molecule has 1 heterocycles. The molecule has 1 amide bonds. The van der Waals surface area contributed by atoms with Gasteiger partial charge in [-0.2, -0.15) is 0 Å². The lowest BCUT2D eigenvalue weighted by molar-refractivity contribution is -0.138. The number of nitrogens with zero attached hydrogens (tertiary/aromatic N) is 2. The Kier molecular flexibility index (Phi) is 6.35. The van der Waals surface area contributed by atoms with Gasteiger partial charge in [-0.3, -0.25) is 4.79 Å². The van der Waals surface area contributed by atoms with E-state index in [1.807, 2.05) is 55.1 Å². The highest BCUT2D eigenvalue weighted by Gasteiger charge is 2.27. The lowest BCUT2D eigenvalue weighted by Gasteiger charge is -2.37. The number of carbonyl (C=O) groups excluding carboxylic acids is 1. The second-order valence-corrected chi connectivity index (χ2v) is 7.49. The first kappa shape index (κ1) is 20.3. The molecule has 1 aliphatic rings. The van der Waals surface area contributed by atoms with E-state index in [9.17, 15) is 4.79 Å². The highest BCUT2D eigenvalue weighted by Crippen LogP contribution is 2.29. The van der Waals surface area contributed by atoms with Gasteiger partial charge in [-0.15, -0.1) is 0 Å². The summed E-state index contributed by atoms with van der Waals surface area (Å²) in [6, 6.07) is 11.7. The van der Waals surface area contributed by atoms with Gasteiger partial charge in [0.05, 0.1) is 12.8 Å². The van der Waals surface area contributed by atoms with Crippen molar-refractivity contribution in [3.8, 4) is 11.5 Å². The van der Waals surface area contributed by atoms with Gasteiger partial charge in [0, 0.05) is 31.2 Å². The molecule has 1 atom stereocenters. The maximum Gasteiger partial charge on any atom is 0.263 e. The second-order valence-electron chi connectivity index (χ2n) is 7.12. The monoisotopic (exact) mass is 402 g/mol. The fourth-order valence-corrected chi connectivity index (χ4v) is 3.65. The fraction of sp³-hybridized carbons (Fsp3) is 0.409. The highest BCUT2D eigenvalue weighted by molar-refractivity contribution is 6.32. The Hall–Kier alpha value is -2.40. The molecule has 0 aliphatic carbocycles. The molecule has 0 bridgehead atoms. The first-order valence-corrected chi connectivity index (χ1v) is 9.88. The molecule has 0 aromatic heterocycles. The quantitative estimate of drug-likeness (QED) is 0.755. The number of aryl methyl sites for hydroxylation is 2. The normalized spacial score (nSPS) is 15.3. The Morgan fingerprint density at radius 2 is 1.68 bits per heavy atom. The summed E-state index contributed by atoms with van der Waals surface area (Å²) in [5.74, 6) is 1.53. The van der Waals surface area contributed by atoms with Gasteiger partial charge >= 0.3 is 0 Å². The van der Waals surface area contributed by atoms with Gasteiger partial charge < -0.3 is 19.3 Å². The van der Waals surface area contributed by atoms with E-state index in [1.54, 1.807) is 14.0 Å². The van der Waals surface area contributed by atoms with E-state index in [-0.39, 0.29) is 5.91 Å². The van der Waals surface area contributed by atoms with E-state index < -0.39 is 6.10 Å². The lowest BCUT2D eigenvalue weighted by Crippen LogP contribution is -2.52. The maximum absolute atomic E-state index is 12.8. The van der Waals surface area contributed by atoms with Crippen LogP contribution < -0.4 is 14.4 Å². The summed E-state index contributed by atoms with van der Waals surface area (Å²) in [7, 11) is 1.68. The Morgan fingerprint density at radius 3 is 2.29 bits per heavy atom. The molecule has 5 nitrogen and oxygen atoms in total. The van der Waals surface area contributed by atoms with Crippen LogP contribution in [-0.4, -0.2) is 50.2 Å². The smallest absolute Gasteiger partial charge is 0.263 e. The average Bonchev–Trinajstić information content (AvgIpc) is 2.71. The Labute approximate surface area is 171 Å². The minimum Gasteiger partial charge on any atom is -0.495 e. The van der Waals surface area contributed by atoms with Crippen LogP contribution in [0, 0.1) is 13.8 Å². The minimum atomic E-state index is -0.544. The molecule has 0 unspecified atom stereocenters. The summed E-state index contributed by atoms with van der Waals surface area (Å²) >= 11 is 6.21. The number of methoxy groups -OCH3 is 1. The van der Waals surface area contributed by atoms with Gasteiger partial charge in [-0.25, -0.2) is 0 Å². The van der Waals surface area contributed by atoms with Gasteiger partial charge in [-0.05, 0) is 56.2 Å². The van der Waals surface area contributed by atoms with Crippen LogP contribution in [0.1, 0.15) is 18.1 Å². The summed E-state index contributed by atoms with van der Waals surface area (Å²) in [5.41, 5.74) is 2.96. The van der Waals surface area contributed by atoms with Crippen molar-refractivity contribution in [3.05, 3.63) is 52.5 Å². The van der Waals surface area contributed by atoms with Crippen molar-refractivity contribution in [1.82, 2.24) is 4.90 Å². The number of carbonyl (C=O) groups is 1. The van der Waals surface area contributed by atoms with Crippen LogP contribution in [0.4, 0.5) is 5.69 Å². The van der Waals surface area contributed by atoms with Crippen molar-refractivity contribution in [1.29, 1.82) is 0 Å². The number of anilines is 1. The zero-order chi connectivity index (χ0) is 20.3. The number of piperazine rings is 1. The third-order valence-corrected chi connectivity index (χ3v) is 5.68. The van der Waals surface area contributed by atoms with E-state index in [4.69, 9.17) is 21.1 Å². The molecule has 6 heteroatoms. The number of halogens is 1. The third kappa shape index (κ3) is 4.36. The van der Waals surface area contributed by atoms with E-state index in [0.717, 1.165) is 40.7 Å². The Balaban J connectivity index is 1.60. The molecule has 2 aromatic carbocycles. The minimum absolute atomic E-state index is 0.00457. The van der Waals surface area contributed by atoms with Crippen LogP contribution in [0.25, 0.3) is 0 Å². The largest absolute Gasteiger partial charge is 0.495 e. The van der Waals surface area contributed by atoms with Crippen molar-refractivity contribution in [2.24, 2.45) is 0 Å². The van der Waals surface area contributed by atoms with Gasteiger partial charge in [0.1, 0.15) is 11.5 Å². The van der Waals surface area contributed by atoms with Crippen molar-refractivity contribution < 1.29 is 14.3 Å². The lowest BCUT2D eigenvalue weighted by atomic mass is 10.1. The van der Waals surface area contributed by atoms with E-state index in [1.165, 1.54) is 0 Å². The van der Waals surface area contributed by atoms with Crippen molar-refractivity contribution in [2.75, 3.05) is 38.2 Å². The standard InChI is InChI=1S/C22H27ClN2O3/c1-15-13-18(14-16(2)21(15)23)28-17(3)22(26)25-11-9-24(10-12-25)19-7-5-6-8-20(19)27-4/h5-8,13-14,17H,9-12H2,1-4H3/t17-/m1/s1. The first-order chi connectivity index (χ1) is 13.4. The van der Waals surface area contributed by atoms with Crippen LogP contribution in [0.15, 0.2) is 36.4 Å². The number of amides is 1. The maximum atomic E-state index is 12.8. The zero-order valence-corrected chi connectivity index (χ0v) is 17.6. The van der Waals surface area contributed by atoms with E-state index in [2.05, 4.69) is 4.90 Å². The SMILES string of the molecule is COc1ccccc1N1CCN(C(=O)[C@@H](C)Oc2cc(C)c(Cl)c(C)c2)CC1. The van der Waals surface area contributed by atoms with Crippen LogP contribution in [-0.2, 0) is 4.79 Å². The van der Waals surface area contributed by atoms with Gasteiger partial charge in [0.2, 0.25) is 0 Å². The molecular weight excluding hydrogens is 376 g/mol. The molecule has 0 saturated carbocycles. The molecule has 1 fully saturated rings. The molecule has 150 valence electrons. The third-order valence-electron chi connectivity index (χ3n) is 5.09. The predicted octanol–water partition coefficient (Wildman–Crippen LogP) is 4.08. The molecule has 0 radical (unpaired) electrons. The molecule has 0 N–H and O–H groups in total. The van der Waals surface area contributed by atoms with E-state index >= 15 is 0 Å². The van der Waals surface area contributed by atoms with Gasteiger partial charge in [0.25, 0.3) is 5.91 Å². The molecule has 2 aromatic rings. The van der Waals surface area contributed by atoms with Crippen LogP contribution in [0.3, 0.4) is 0 Å². The highest BCUT2D eigenvalue weighted by atomic mass is 35.5. The number of hydrogen-bond acceptors (Lipinski definition) is 4. The zero-order valence-electron chi connectivity index (χ0n) is 16.9. The van der Waals surface area contributed by atoms with E-state index in [0.29, 0.717) is 18.8 Å².